The van der Waals surface area contributed by atoms with Crippen LogP contribution in [0.25, 0.3) is 0 Å². The zero-order valence-electron chi connectivity index (χ0n) is 17.4. The lowest BCUT2D eigenvalue weighted by molar-refractivity contribution is -0.467. The van der Waals surface area contributed by atoms with Crippen molar-refractivity contribution in [3.63, 3.8) is 0 Å². The maximum atomic E-state index is 14.5. The third kappa shape index (κ3) is 3.98. The molecule has 1 aromatic carbocycles. The fraction of sp³-hybridized carbons (Fsp3) is 0.435. The topological polar surface area (TPSA) is 6.25 Å². The smallest absolute Gasteiger partial charge is 0.181 e. The molecule has 1 aliphatic rings. The lowest BCUT2D eigenvalue weighted by Gasteiger charge is -2.23. The van der Waals surface area contributed by atoms with Gasteiger partial charge in [-0.25, -0.2) is 8.97 Å². The number of fused-ring (bicyclic) bond motifs is 1. The van der Waals surface area contributed by atoms with Crippen LogP contribution in [0.1, 0.15) is 40.2 Å². The van der Waals surface area contributed by atoms with Gasteiger partial charge in [0.15, 0.2) is 5.71 Å². The fourth-order valence-corrected chi connectivity index (χ4v) is 3.74. The second-order valence-electron chi connectivity index (χ2n) is 8.67. The van der Waals surface area contributed by atoms with Gasteiger partial charge in [0, 0.05) is 35.3 Å². The van der Waals surface area contributed by atoms with Gasteiger partial charge in [0.25, 0.3) is 0 Å². The Morgan fingerprint density at radius 1 is 1.12 bits per heavy atom. The SMILES string of the molecule is CN1\C(=C/C=C(F)/C=C\C(=[N+](C)C)C(C)(C)C)C(C)(C)c2ccccc21. The summed E-state index contributed by atoms with van der Waals surface area (Å²) in [5.74, 6) is -0.249. The maximum absolute atomic E-state index is 14.5. The molecule has 2 nitrogen and oxygen atoms in total. The maximum Gasteiger partial charge on any atom is 0.181 e. The molecule has 2 rings (SSSR count). The first-order valence-electron chi connectivity index (χ1n) is 9.10. The van der Waals surface area contributed by atoms with Gasteiger partial charge >= 0.3 is 0 Å². The number of nitrogens with zero attached hydrogens (tertiary/aromatic N) is 2. The predicted molar refractivity (Wildman–Crippen MR) is 111 cm³/mol. The normalized spacial score (nSPS) is 18.6. The Hall–Kier alpha value is -2.16. The number of likely N-dealkylation sites (N-methyl/N-ethyl adjacent to an activating group) is 1. The number of hydrogen-bond acceptors (Lipinski definition) is 1. The van der Waals surface area contributed by atoms with Crippen LogP contribution in [-0.2, 0) is 5.41 Å². The molecule has 26 heavy (non-hydrogen) atoms. The Labute approximate surface area is 158 Å². The van der Waals surface area contributed by atoms with Crippen LogP contribution < -0.4 is 4.90 Å². The van der Waals surface area contributed by atoms with E-state index in [1.807, 2.05) is 43.9 Å². The van der Waals surface area contributed by atoms with E-state index in [4.69, 9.17) is 0 Å². The van der Waals surface area contributed by atoms with Crippen molar-refractivity contribution in [2.75, 3.05) is 26.0 Å². The van der Waals surface area contributed by atoms with Crippen LogP contribution in [0, 0.1) is 5.41 Å². The number of allylic oxidation sites excluding steroid dienone is 6. The highest BCUT2D eigenvalue weighted by molar-refractivity contribution is 5.95. The van der Waals surface area contributed by atoms with E-state index in [9.17, 15) is 4.39 Å². The molecule has 0 spiro atoms. The van der Waals surface area contributed by atoms with E-state index in [2.05, 4.69) is 57.7 Å². The summed E-state index contributed by atoms with van der Waals surface area (Å²) in [6, 6.07) is 8.36. The van der Waals surface area contributed by atoms with Gasteiger partial charge in [0.05, 0.1) is 0 Å². The lowest BCUT2D eigenvalue weighted by Crippen LogP contribution is -2.26. The van der Waals surface area contributed by atoms with Crippen molar-refractivity contribution in [2.24, 2.45) is 5.41 Å². The number of para-hydroxylation sites is 1. The van der Waals surface area contributed by atoms with Crippen molar-refractivity contribution in [2.45, 2.75) is 40.0 Å². The van der Waals surface area contributed by atoms with Crippen molar-refractivity contribution >= 4 is 11.4 Å². The summed E-state index contributed by atoms with van der Waals surface area (Å²) in [5.41, 5.74) is 4.46. The van der Waals surface area contributed by atoms with Crippen LogP contribution in [0.2, 0.25) is 0 Å². The van der Waals surface area contributed by atoms with Crippen LogP contribution in [0.3, 0.4) is 0 Å². The predicted octanol–water partition coefficient (Wildman–Crippen LogP) is 5.47. The van der Waals surface area contributed by atoms with E-state index < -0.39 is 0 Å². The van der Waals surface area contributed by atoms with Crippen molar-refractivity contribution in [1.82, 2.24) is 0 Å². The molecule has 0 saturated heterocycles. The molecule has 0 bridgehead atoms. The van der Waals surface area contributed by atoms with E-state index in [0.29, 0.717) is 0 Å². The molecule has 0 aromatic heterocycles. The molecule has 0 saturated carbocycles. The van der Waals surface area contributed by atoms with Gasteiger partial charge in [-0.2, -0.15) is 0 Å². The Balaban J connectivity index is 2.31. The molecular formula is C23H32FN2+. The minimum atomic E-state index is -0.249. The van der Waals surface area contributed by atoms with Crippen molar-refractivity contribution in [3.8, 4) is 0 Å². The molecule has 0 atom stereocenters. The van der Waals surface area contributed by atoms with Crippen LogP contribution >= 0.6 is 0 Å². The summed E-state index contributed by atoms with van der Waals surface area (Å²) in [5, 5.41) is 0. The number of hydrogen-bond donors (Lipinski definition) is 0. The number of rotatable bonds is 3. The van der Waals surface area contributed by atoms with E-state index in [-0.39, 0.29) is 16.7 Å². The Kier molecular flexibility index (Phi) is 5.60. The zero-order chi connectivity index (χ0) is 19.7. The van der Waals surface area contributed by atoms with E-state index in [1.165, 1.54) is 11.3 Å². The quantitative estimate of drug-likeness (QED) is 0.396. The molecule has 0 radical (unpaired) electrons. The first-order valence-corrected chi connectivity index (χ1v) is 9.10. The number of anilines is 1. The Morgan fingerprint density at radius 2 is 1.73 bits per heavy atom. The first kappa shape index (κ1) is 20.2. The van der Waals surface area contributed by atoms with E-state index in [1.54, 1.807) is 12.2 Å². The molecule has 0 N–H and O–H groups in total. The molecule has 0 unspecified atom stereocenters. The van der Waals surface area contributed by atoms with Gasteiger partial charge in [0.1, 0.15) is 19.9 Å². The Morgan fingerprint density at radius 3 is 2.27 bits per heavy atom. The highest BCUT2D eigenvalue weighted by Gasteiger charge is 2.37. The third-order valence-electron chi connectivity index (χ3n) is 4.99. The van der Waals surface area contributed by atoms with Gasteiger partial charge in [-0.05, 0) is 29.9 Å². The molecule has 0 fully saturated rings. The summed E-state index contributed by atoms with van der Waals surface area (Å²) >= 11 is 0. The third-order valence-corrected chi connectivity index (χ3v) is 4.99. The van der Waals surface area contributed by atoms with Crippen LogP contribution in [0.5, 0.6) is 0 Å². The summed E-state index contributed by atoms with van der Waals surface area (Å²) in [6.07, 6.45) is 6.87. The number of halogens is 1. The molecule has 3 heteroatoms. The lowest BCUT2D eigenvalue weighted by atomic mass is 9.84. The highest BCUT2D eigenvalue weighted by atomic mass is 19.1. The average Bonchev–Trinajstić information content (AvgIpc) is 2.71. The van der Waals surface area contributed by atoms with Crippen LogP contribution in [0.4, 0.5) is 10.1 Å². The van der Waals surface area contributed by atoms with Gasteiger partial charge < -0.3 is 4.90 Å². The van der Waals surface area contributed by atoms with Gasteiger partial charge in [-0.1, -0.05) is 52.8 Å². The average molecular weight is 356 g/mol. The Bertz CT molecular complexity index is 798. The molecular weight excluding hydrogens is 323 g/mol. The van der Waals surface area contributed by atoms with Gasteiger partial charge in [-0.3, -0.25) is 0 Å². The first-order chi connectivity index (χ1) is 12.0. The standard InChI is InChI=1S/C23H32FN2/c1-22(2,3)20(25(6)7)15-13-17(24)14-16-21-23(4,5)18-11-9-10-12-19(18)26(21)8/h9-16H,1-8H3/q+1. The molecule has 1 aliphatic heterocycles. The molecule has 1 aromatic rings. The van der Waals surface area contributed by atoms with Gasteiger partial charge in [-0.15, -0.1) is 0 Å². The monoisotopic (exact) mass is 355 g/mol. The van der Waals surface area contributed by atoms with Crippen LogP contribution in [-0.4, -0.2) is 31.4 Å². The number of benzene rings is 1. The fourth-order valence-electron chi connectivity index (χ4n) is 3.74. The van der Waals surface area contributed by atoms with Crippen molar-refractivity contribution < 1.29 is 8.97 Å². The minimum absolute atomic E-state index is 0.0337. The summed E-state index contributed by atoms with van der Waals surface area (Å²) in [4.78, 5) is 2.15. The van der Waals surface area contributed by atoms with Gasteiger partial charge in [0.2, 0.25) is 0 Å². The van der Waals surface area contributed by atoms with Crippen molar-refractivity contribution in [3.05, 3.63) is 65.7 Å². The molecule has 140 valence electrons. The van der Waals surface area contributed by atoms with E-state index in [0.717, 1.165) is 11.4 Å². The second kappa shape index (κ2) is 7.22. The highest BCUT2D eigenvalue weighted by Crippen LogP contribution is 2.46. The largest absolute Gasteiger partial charge is 0.347 e. The minimum Gasteiger partial charge on any atom is -0.347 e. The van der Waals surface area contributed by atoms with E-state index >= 15 is 0 Å². The molecule has 0 amide bonds. The summed E-state index contributed by atoms with van der Waals surface area (Å²) in [6.45, 7) is 10.7. The molecule has 0 aliphatic carbocycles. The summed E-state index contributed by atoms with van der Waals surface area (Å²) < 4.78 is 16.5. The second-order valence-corrected chi connectivity index (χ2v) is 8.67. The summed E-state index contributed by atoms with van der Waals surface area (Å²) in [7, 11) is 6.02. The van der Waals surface area contributed by atoms with Crippen molar-refractivity contribution in [1.29, 1.82) is 0 Å². The van der Waals surface area contributed by atoms with Crippen LogP contribution in [0.15, 0.2) is 60.1 Å². The zero-order valence-corrected chi connectivity index (χ0v) is 17.4. The molecule has 1 heterocycles.